The van der Waals surface area contributed by atoms with E-state index in [1.807, 2.05) is 23.6 Å². The van der Waals surface area contributed by atoms with Gasteiger partial charge in [0.05, 0.1) is 5.69 Å². The number of aromatic nitrogens is 2. The quantitative estimate of drug-likeness (QED) is 0.664. The van der Waals surface area contributed by atoms with Gasteiger partial charge in [-0.2, -0.15) is 4.31 Å². The second-order valence-electron chi connectivity index (χ2n) is 6.30. The van der Waals surface area contributed by atoms with E-state index in [-0.39, 0.29) is 10.1 Å². The molecule has 1 saturated heterocycles. The van der Waals surface area contributed by atoms with Gasteiger partial charge in [-0.25, -0.2) is 13.4 Å². The Labute approximate surface area is 171 Å². The summed E-state index contributed by atoms with van der Waals surface area (Å²) >= 11 is 2.46. The number of carbonyl (C=O) groups is 1. The number of sulfonamides is 1. The number of anilines is 1. The molecule has 1 aliphatic heterocycles. The van der Waals surface area contributed by atoms with E-state index in [2.05, 4.69) is 15.3 Å². The van der Waals surface area contributed by atoms with Crippen LogP contribution in [0.4, 0.5) is 5.13 Å². The van der Waals surface area contributed by atoms with E-state index < -0.39 is 16.1 Å². The molecule has 7 nitrogen and oxygen atoms in total. The molecular weight excluding hydrogens is 416 g/mol. The van der Waals surface area contributed by atoms with Crippen LogP contribution in [-0.2, 0) is 14.8 Å². The lowest BCUT2D eigenvalue weighted by atomic mass is 10.0. The summed E-state index contributed by atoms with van der Waals surface area (Å²) < 4.78 is 27.5. The van der Waals surface area contributed by atoms with Crippen LogP contribution in [0.3, 0.4) is 0 Å². The average Bonchev–Trinajstić information content (AvgIpc) is 3.41. The number of hydrogen-bond donors (Lipinski definition) is 1. The lowest BCUT2D eigenvalue weighted by Crippen LogP contribution is -2.49. The summed E-state index contributed by atoms with van der Waals surface area (Å²) in [5.41, 5.74) is 1.39. The SMILES string of the molecule is O=C(Nc1nc(-c2ccccn2)cs1)[C@@H]1CCCCN1S(=O)(=O)c1cccs1. The number of pyridine rings is 1. The van der Waals surface area contributed by atoms with Crippen molar-refractivity contribution in [3.8, 4) is 11.4 Å². The molecule has 0 spiro atoms. The van der Waals surface area contributed by atoms with Gasteiger partial charge in [0.1, 0.15) is 15.9 Å². The van der Waals surface area contributed by atoms with E-state index >= 15 is 0 Å². The van der Waals surface area contributed by atoms with Crippen LogP contribution in [0.2, 0.25) is 0 Å². The largest absolute Gasteiger partial charge is 0.301 e. The zero-order valence-electron chi connectivity index (χ0n) is 14.8. The summed E-state index contributed by atoms with van der Waals surface area (Å²) in [5, 5.41) is 6.76. The molecule has 0 radical (unpaired) electrons. The molecule has 4 heterocycles. The summed E-state index contributed by atoms with van der Waals surface area (Å²) in [7, 11) is -3.68. The van der Waals surface area contributed by atoms with E-state index in [1.165, 1.54) is 15.6 Å². The molecule has 1 aliphatic rings. The van der Waals surface area contributed by atoms with Crippen LogP contribution in [-0.4, -0.2) is 41.2 Å². The molecule has 0 aliphatic carbocycles. The highest BCUT2D eigenvalue weighted by atomic mass is 32.2. The minimum absolute atomic E-state index is 0.263. The first-order valence-electron chi connectivity index (χ1n) is 8.79. The molecule has 3 aromatic heterocycles. The lowest BCUT2D eigenvalue weighted by molar-refractivity contribution is -0.120. The van der Waals surface area contributed by atoms with Gasteiger partial charge in [-0.15, -0.1) is 22.7 Å². The zero-order valence-corrected chi connectivity index (χ0v) is 17.3. The summed E-state index contributed by atoms with van der Waals surface area (Å²) in [4.78, 5) is 21.5. The van der Waals surface area contributed by atoms with Crippen LogP contribution < -0.4 is 5.32 Å². The Hall–Kier alpha value is -2.14. The Bertz CT molecular complexity index is 1050. The molecular formula is C18H18N4O3S3. The number of rotatable bonds is 5. The molecule has 0 saturated carbocycles. The predicted molar refractivity (Wildman–Crippen MR) is 110 cm³/mol. The van der Waals surface area contributed by atoms with Crippen LogP contribution in [0.25, 0.3) is 11.4 Å². The predicted octanol–water partition coefficient (Wildman–Crippen LogP) is 3.45. The Balaban J connectivity index is 1.53. The fourth-order valence-electron chi connectivity index (χ4n) is 3.13. The first-order valence-corrected chi connectivity index (χ1v) is 12.0. The standard InChI is InChI=1S/C18H18N4O3S3/c23-17(21-18-20-14(12-27-18)13-6-1-3-9-19-13)15-7-2-4-10-22(15)28(24,25)16-8-5-11-26-16/h1,3,5-6,8-9,11-12,15H,2,4,7,10H2,(H,20,21,23)/t15-/m0/s1. The molecule has 1 N–H and O–H groups in total. The zero-order chi connectivity index (χ0) is 19.6. The Morgan fingerprint density at radius 3 is 2.79 bits per heavy atom. The third-order valence-electron chi connectivity index (χ3n) is 4.48. The van der Waals surface area contributed by atoms with Crippen molar-refractivity contribution in [1.29, 1.82) is 0 Å². The second kappa shape index (κ2) is 8.08. The van der Waals surface area contributed by atoms with E-state index in [9.17, 15) is 13.2 Å². The Morgan fingerprint density at radius 2 is 2.04 bits per heavy atom. The van der Waals surface area contributed by atoms with Crippen molar-refractivity contribution in [1.82, 2.24) is 14.3 Å². The molecule has 0 unspecified atom stereocenters. The molecule has 146 valence electrons. The first kappa shape index (κ1) is 19.2. The Morgan fingerprint density at radius 1 is 1.14 bits per heavy atom. The van der Waals surface area contributed by atoms with Gasteiger partial charge < -0.3 is 5.32 Å². The smallest absolute Gasteiger partial charge is 0.253 e. The molecule has 1 fully saturated rings. The highest BCUT2D eigenvalue weighted by Gasteiger charge is 2.38. The van der Waals surface area contributed by atoms with Crippen LogP contribution in [0, 0.1) is 0 Å². The van der Waals surface area contributed by atoms with Gasteiger partial charge in [0, 0.05) is 18.1 Å². The van der Waals surface area contributed by atoms with Gasteiger partial charge in [-0.3, -0.25) is 9.78 Å². The fraction of sp³-hybridized carbons (Fsp3) is 0.278. The molecule has 0 aromatic carbocycles. The lowest BCUT2D eigenvalue weighted by Gasteiger charge is -2.32. The van der Waals surface area contributed by atoms with Crippen molar-refractivity contribution in [3.63, 3.8) is 0 Å². The van der Waals surface area contributed by atoms with E-state index in [0.29, 0.717) is 23.8 Å². The number of thiazole rings is 1. The Kier molecular flexibility index (Phi) is 5.54. The number of amides is 1. The van der Waals surface area contributed by atoms with Crippen molar-refractivity contribution < 1.29 is 13.2 Å². The van der Waals surface area contributed by atoms with Gasteiger partial charge in [0.25, 0.3) is 10.0 Å². The molecule has 10 heteroatoms. The van der Waals surface area contributed by atoms with E-state index in [1.54, 1.807) is 23.7 Å². The minimum Gasteiger partial charge on any atom is -0.301 e. The number of hydrogen-bond acceptors (Lipinski definition) is 7. The third kappa shape index (κ3) is 3.86. The molecule has 4 rings (SSSR count). The third-order valence-corrected chi connectivity index (χ3v) is 8.51. The number of nitrogens with zero attached hydrogens (tertiary/aromatic N) is 3. The van der Waals surface area contributed by atoms with E-state index in [0.717, 1.165) is 29.9 Å². The topological polar surface area (TPSA) is 92.3 Å². The molecule has 1 atom stereocenters. The van der Waals surface area contributed by atoms with Crippen LogP contribution >= 0.6 is 22.7 Å². The van der Waals surface area contributed by atoms with Gasteiger partial charge in [-0.05, 0) is 36.4 Å². The van der Waals surface area contributed by atoms with Crippen molar-refractivity contribution in [2.75, 3.05) is 11.9 Å². The summed E-state index contributed by atoms with van der Waals surface area (Å²) in [6.45, 7) is 0.343. The normalized spacial score (nSPS) is 18.1. The maximum absolute atomic E-state index is 12.9. The summed E-state index contributed by atoms with van der Waals surface area (Å²) in [5.74, 6) is -0.346. The molecule has 0 bridgehead atoms. The second-order valence-corrected chi connectivity index (χ2v) is 10.2. The molecule has 3 aromatic rings. The maximum Gasteiger partial charge on any atom is 0.253 e. The number of thiophene rings is 1. The van der Waals surface area contributed by atoms with Gasteiger partial charge >= 0.3 is 0 Å². The van der Waals surface area contributed by atoms with Crippen molar-refractivity contribution >= 4 is 43.7 Å². The number of carbonyl (C=O) groups excluding carboxylic acids is 1. The van der Waals surface area contributed by atoms with E-state index in [4.69, 9.17) is 0 Å². The maximum atomic E-state index is 12.9. The van der Waals surface area contributed by atoms with Crippen LogP contribution in [0.1, 0.15) is 19.3 Å². The number of piperidine rings is 1. The van der Waals surface area contributed by atoms with Gasteiger partial charge in [0.15, 0.2) is 5.13 Å². The molecule has 1 amide bonds. The highest BCUT2D eigenvalue weighted by molar-refractivity contribution is 7.91. The summed E-state index contributed by atoms with van der Waals surface area (Å²) in [6.07, 6.45) is 3.73. The molecule has 28 heavy (non-hydrogen) atoms. The monoisotopic (exact) mass is 434 g/mol. The number of nitrogens with one attached hydrogen (secondary N) is 1. The van der Waals surface area contributed by atoms with Crippen molar-refractivity contribution in [3.05, 3.63) is 47.3 Å². The van der Waals surface area contributed by atoms with Crippen molar-refractivity contribution in [2.45, 2.75) is 29.5 Å². The van der Waals surface area contributed by atoms with Crippen molar-refractivity contribution in [2.24, 2.45) is 0 Å². The van der Waals surface area contributed by atoms with Crippen LogP contribution in [0.15, 0.2) is 51.5 Å². The summed E-state index contributed by atoms with van der Waals surface area (Å²) in [6, 6.07) is 8.08. The average molecular weight is 435 g/mol. The van der Waals surface area contributed by atoms with Crippen LogP contribution in [0.5, 0.6) is 0 Å². The van der Waals surface area contributed by atoms with Gasteiger partial charge in [0.2, 0.25) is 5.91 Å². The van der Waals surface area contributed by atoms with Gasteiger partial charge in [-0.1, -0.05) is 18.6 Å². The first-order chi connectivity index (χ1) is 13.6. The minimum atomic E-state index is -3.68. The highest BCUT2D eigenvalue weighted by Crippen LogP contribution is 2.29. The fourth-order valence-corrected chi connectivity index (χ4v) is 6.62.